The maximum atomic E-state index is 14.8. The largest absolute Gasteiger partial charge is 0.309 e. The number of fused-ring (bicyclic) bond motifs is 6. The van der Waals surface area contributed by atoms with E-state index in [1.165, 1.54) is 16.3 Å². The molecule has 0 aliphatic carbocycles. The molecule has 218 valence electrons. The molecule has 2 heterocycles. The molecule has 0 saturated heterocycles. The molecular formula is C42H28FN3. The highest BCUT2D eigenvalue weighted by atomic mass is 19.1. The van der Waals surface area contributed by atoms with Crippen molar-refractivity contribution < 1.29 is 4.39 Å². The SMILES string of the molecule is Fc1ccc2c3cccc(N(c4ccccc4)c4ccc5c(c4)c4ccccc4n5-c4ccccc4)c3n(-c3ccccc3)c2c1. The molecular weight excluding hydrogens is 565 g/mol. The summed E-state index contributed by atoms with van der Waals surface area (Å²) in [6.07, 6.45) is 0. The van der Waals surface area contributed by atoms with Crippen LogP contribution < -0.4 is 4.90 Å². The third-order valence-electron chi connectivity index (χ3n) is 8.93. The van der Waals surface area contributed by atoms with E-state index in [0.29, 0.717) is 0 Å². The second kappa shape index (κ2) is 10.5. The molecule has 3 nitrogen and oxygen atoms in total. The number of nitrogens with zero attached hydrogens (tertiary/aromatic N) is 3. The summed E-state index contributed by atoms with van der Waals surface area (Å²) in [5, 5.41) is 4.45. The fraction of sp³-hybridized carbons (Fsp3) is 0. The zero-order valence-corrected chi connectivity index (χ0v) is 24.9. The Balaban J connectivity index is 1.37. The standard InChI is InChI=1S/C42H28FN3/c43-29-23-25-35-36-20-12-22-40(42(36)46(41(35)27-29)32-17-8-3-9-18-32)44(30-13-4-1-5-14-30)33-24-26-39-37(28-33)34-19-10-11-21-38(34)45(39)31-15-6-2-7-16-31/h1-28H. The summed E-state index contributed by atoms with van der Waals surface area (Å²) in [4.78, 5) is 2.32. The molecule has 0 amide bonds. The molecule has 46 heavy (non-hydrogen) atoms. The van der Waals surface area contributed by atoms with Crippen LogP contribution in [0.4, 0.5) is 21.5 Å². The predicted octanol–water partition coefficient (Wildman–Crippen LogP) is 11.5. The first-order chi connectivity index (χ1) is 22.8. The Labute approximate surface area is 265 Å². The monoisotopic (exact) mass is 593 g/mol. The molecule has 9 rings (SSSR count). The van der Waals surface area contributed by atoms with Crippen molar-refractivity contribution in [1.82, 2.24) is 9.13 Å². The Hall–Kier alpha value is -6.13. The summed E-state index contributed by atoms with van der Waals surface area (Å²) in [5.74, 6) is -0.255. The second-order valence-corrected chi connectivity index (χ2v) is 11.6. The fourth-order valence-corrected chi connectivity index (χ4v) is 7.01. The molecule has 2 aromatic heterocycles. The maximum absolute atomic E-state index is 14.8. The molecule has 0 aliphatic rings. The lowest BCUT2D eigenvalue weighted by Gasteiger charge is -2.27. The molecule has 4 heteroatoms. The van der Waals surface area contributed by atoms with E-state index in [9.17, 15) is 4.39 Å². The molecule has 0 N–H and O–H groups in total. The molecule has 7 aromatic carbocycles. The van der Waals surface area contributed by atoms with Crippen molar-refractivity contribution in [3.8, 4) is 11.4 Å². The minimum Gasteiger partial charge on any atom is -0.309 e. The van der Waals surface area contributed by atoms with Crippen LogP contribution in [0.5, 0.6) is 0 Å². The summed E-state index contributed by atoms with van der Waals surface area (Å²) in [7, 11) is 0. The smallest absolute Gasteiger partial charge is 0.125 e. The van der Waals surface area contributed by atoms with Crippen molar-refractivity contribution >= 4 is 60.7 Å². The van der Waals surface area contributed by atoms with Crippen LogP contribution in [0.3, 0.4) is 0 Å². The van der Waals surface area contributed by atoms with E-state index < -0.39 is 0 Å². The lowest BCUT2D eigenvalue weighted by molar-refractivity contribution is 0.629. The zero-order valence-electron chi connectivity index (χ0n) is 24.9. The molecule has 0 bridgehead atoms. The predicted molar refractivity (Wildman–Crippen MR) is 190 cm³/mol. The minimum absolute atomic E-state index is 0.255. The number of rotatable bonds is 5. The van der Waals surface area contributed by atoms with Crippen LogP contribution in [0.15, 0.2) is 170 Å². The fourth-order valence-electron chi connectivity index (χ4n) is 7.01. The summed E-state index contributed by atoms with van der Waals surface area (Å²) >= 11 is 0. The van der Waals surface area contributed by atoms with Gasteiger partial charge in [-0.2, -0.15) is 0 Å². The van der Waals surface area contributed by atoms with Crippen LogP contribution in [-0.2, 0) is 0 Å². The summed E-state index contributed by atoms with van der Waals surface area (Å²) < 4.78 is 19.4. The van der Waals surface area contributed by atoms with E-state index in [2.05, 4.69) is 141 Å². The molecule has 9 aromatic rings. The van der Waals surface area contributed by atoms with Crippen molar-refractivity contribution in [2.24, 2.45) is 0 Å². The van der Waals surface area contributed by atoms with Crippen LogP contribution in [0.2, 0.25) is 0 Å². The average molecular weight is 594 g/mol. The number of benzene rings is 7. The second-order valence-electron chi connectivity index (χ2n) is 11.6. The molecule has 0 saturated carbocycles. The van der Waals surface area contributed by atoms with Gasteiger partial charge in [-0.3, -0.25) is 0 Å². The first-order valence-electron chi connectivity index (χ1n) is 15.5. The summed E-state index contributed by atoms with van der Waals surface area (Å²) in [6.45, 7) is 0. The summed E-state index contributed by atoms with van der Waals surface area (Å²) in [6, 6.07) is 58.1. The van der Waals surface area contributed by atoms with Crippen LogP contribution in [-0.4, -0.2) is 9.13 Å². The van der Waals surface area contributed by atoms with Gasteiger partial charge in [0.15, 0.2) is 0 Å². The molecule has 0 atom stereocenters. The van der Waals surface area contributed by atoms with Gasteiger partial charge in [0.05, 0.1) is 27.8 Å². The van der Waals surface area contributed by atoms with Gasteiger partial charge in [0, 0.05) is 44.3 Å². The highest BCUT2D eigenvalue weighted by Gasteiger charge is 2.23. The molecule has 0 unspecified atom stereocenters. The highest BCUT2D eigenvalue weighted by Crippen LogP contribution is 2.45. The first-order valence-corrected chi connectivity index (χ1v) is 15.5. The van der Waals surface area contributed by atoms with Crippen molar-refractivity contribution in [3.05, 3.63) is 176 Å². The quantitative estimate of drug-likeness (QED) is 0.193. The number of aromatic nitrogens is 2. The van der Waals surface area contributed by atoms with E-state index in [1.54, 1.807) is 12.1 Å². The van der Waals surface area contributed by atoms with E-state index in [0.717, 1.165) is 55.8 Å². The minimum atomic E-state index is -0.255. The molecule has 0 fully saturated rings. The van der Waals surface area contributed by atoms with Gasteiger partial charge in [0.2, 0.25) is 0 Å². The third-order valence-corrected chi connectivity index (χ3v) is 8.93. The number of hydrogen-bond acceptors (Lipinski definition) is 1. The van der Waals surface area contributed by atoms with Crippen molar-refractivity contribution in [2.75, 3.05) is 4.90 Å². The number of anilines is 3. The van der Waals surface area contributed by atoms with Gasteiger partial charge in [-0.25, -0.2) is 4.39 Å². The van der Waals surface area contributed by atoms with E-state index in [-0.39, 0.29) is 5.82 Å². The van der Waals surface area contributed by atoms with E-state index in [1.807, 2.05) is 30.3 Å². The third kappa shape index (κ3) is 4.04. The first kappa shape index (κ1) is 26.3. The maximum Gasteiger partial charge on any atom is 0.125 e. The van der Waals surface area contributed by atoms with Crippen LogP contribution in [0.25, 0.3) is 55.0 Å². The lowest BCUT2D eigenvalue weighted by Crippen LogP contribution is -2.11. The Morgan fingerprint density at radius 3 is 1.76 bits per heavy atom. The van der Waals surface area contributed by atoms with Gasteiger partial charge in [-0.05, 0) is 84.9 Å². The topological polar surface area (TPSA) is 13.1 Å². The Bertz CT molecular complexity index is 2530. The van der Waals surface area contributed by atoms with Gasteiger partial charge in [-0.1, -0.05) is 84.9 Å². The highest BCUT2D eigenvalue weighted by molar-refractivity contribution is 6.15. The van der Waals surface area contributed by atoms with Crippen molar-refractivity contribution in [1.29, 1.82) is 0 Å². The van der Waals surface area contributed by atoms with E-state index in [4.69, 9.17) is 0 Å². The van der Waals surface area contributed by atoms with Gasteiger partial charge >= 0.3 is 0 Å². The number of para-hydroxylation sites is 5. The van der Waals surface area contributed by atoms with Crippen LogP contribution in [0.1, 0.15) is 0 Å². The average Bonchev–Trinajstić information content (AvgIpc) is 3.62. The van der Waals surface area contributed by atoms with Crippen molar-refractivity contribution in [3.63, 3.8) is 0 Å². The molecule has 0 aliphatic heterocycles. The van der Waals surface area contributed by atoms with Crippen molar-refractivity contribution in [2.45, 2.75) is 0 Å². The number of halogens is 1. The van der Waals surface area contributed by atoms with Crippen LogP contribution >= 0.6 is 0 Å². The molecule has 0 spiro atoms. The molecule has 0 radical (unpaired) electrons. The van der Waals surface area contributed by atoms with Gasteiger partial charge < -0.3 is 14.0 Å². The normalized spacial score (nSPS) is 11.6. The van der Waals surface area contributed by atoms with Gasteiger partial charge in [0.1, 0.15) is 5.82 Å². The Morgan fingerprint density at radius 2 is 1.00 bits per heavy atom. The Morgan fingerprint density at radius 1 is 0.391 bits per heavy atom. The van der Waals surface area contributed by atoms with Crippen LogP contribution in [0, 0.1) is 5.82 Å². The summed E-state index contributed by atoms with van der Waals surface area (Å²) in [5.41, 5.74) is 9.37. The Kier molecular flexibility index (Phi) is 6.00. The number of hydrogen-bond donors (Lipinski definition) is 0. The lowest BCUT2D eigenvalue weighted by atomic mass is 10.1. The van der Waals surface area contributed by atoms with E-state index >= 15 is 0 Å². The van der Waals surface area contributed by atoms with Gasteiger partial charge in [-0.15, -0.1) is 0 Å². The zero-order chi connectivity index (χ0) is 30.6. The van der Waals surface area contributed by atoms with Gasteiger partial charge in [0.25, 0.3) is 0 Å².